The van der Waals surface area contributed by atoms with Crippen molar-refractivity contribution in [3.05, 3.63) is 55.1 Å². The summed E-state index contributed by atoms with van der Waals surface area (Å²) in [6.07, 6.45) is 2.81. The Hall–Kier alpha value is -1.70. The van der Waals surface area contributed by atoms with Crippen molar-refractivity contribution < 1.29 is 4.39 Å². The van der Waals surface area contributed by atoms with E-state index < -0.39 is 0 Å². The Bertz CT molecular complexity index is 483. The van der Waals surface area contributed by atoms with Crippen LogP contribution in [0.15, 0.2) is 42.6 Å². The van der Waals surface area contributed by atoms with Crippen LogP contribution in [0.25, 0.3) is 16.7 Å². The molecule has 1 aromatic heterocycles. The van der Waals surface area contributed by atoms with E-state index in [9.17, 15) is 4.39 Å². The van der Waals surface area contributed by atoms with Gasteiger partial charge in [-0.25, -0.2) is 4.39 Å². The molecule has 0 saturated heterocycles. The van der Waals surface area contributed by atoms with Crippen molar-refractivity contribution in [1.82, 2.24) is 4.98 Å². The quantitative estimate of drug-likeness (QED) is 0.665. The summed E-state index contributed by atoms with van der Waals surface area (Å²) in [6.45, 7) is 3.41. The van der Waals surface area contributed by atoms with Crippen molar-refractivity contribution in [3.8, 4) is 0 Å². The van der Waals surface area contributed by atoms with Crippen molar-refractivity contribution in [3.63, 3.8) is 0 Å². The molecule has 2 heteroatoms. The van der Waals surface area contributed by atoms with Gasteiger partial charge in [0.1, 0.15) is 5.83 Å². The molecule has 0 fully saturated rings. The second-order valence-electron chi connectivity index (χ2n) is 2.93. The summed E-state index contributed by atoms with van der Waals surface area (Å²) >= 11 is 0. The minimum atomic E-state index is -0.316. The molecule has 0 aliphatic rings. The van der Waals surface area contributed by atoms with E-state index in [0.29, 0.717) is 5.56 Å². The average Bonchev–Trinajstić information content (AvgIpc) is 2.27. The molecule has 69 valence electrons. The molecule has 0 bridgehead atoms. The van der Waals surface area contributed by atoms with Gasteiger partial charge in [0.05, 0.1) is 5.52 Å². The lowest BCUT2D eigenvalue weighted by Gasteiger charge is -2.02. The monoisotopic (exact) mass is 186 g/mol. The van der Waals surface area contributed by atoms with E-state index in [1.54, 1.807) is 12.3 Å². The summed E-state index contributed by atoms with van der Waals surface area (Å²) in [4.78, 5) is 4.14. The van der Waals surface area contributed by atoms with Gasteiger partial charge in [-0.05, 0) is 25.1 Å². The summed E-state index contributed by atoms with van der Waals surface area (Å²) in [5, 5.41) is 0.812. The van der Waals surface area contributed by atoms with Crippen LogP contribution < -0.4 is 0 Å². The van der Waals surface area contributed by atoms with Gasteiger partial charge in [-0.2, -0.15) is 0 Å². The van der Waals surface area contributed by atoms with Gasteiger partial charge in [0.25, 0.3) is 0 Å². The molecule has 1 aromatic carbocycles. The van der Waals surface area contributed by atoms with Crippen molar-refractivity contribution in [2.75, 3.05) is 0 Å². The summed E-state index contributed by atoms with van der Waals surface area (Å²) in [5.74, 6) is -0.316. The first-order valence-corrected chi connectivity index (χ1v) is 4.32. The third kappa shape index (κ3) is 1.39. The number of halogens is 1. The van der Waals surface area contributed by atoms with Crippen LogP contribution in [-0.4, -0.2) is 4.98 Å². The molecule has 14 heavy (non-hydrogen) atoms. The molecule has 1 heterocycles. The first kappa shape index (κ1) is 8.88. The van der Waals surface area contributed by atoms with Gasteiger partial charge in [0.2, 0.25) is 0 Å². The Morgan fingerprint density at radius 1 is 1.29 bits per heavy atom. The maximum atomic E-state index is 13.4. The molecule has 0 aliphatic heterocycles. The zero-order valence-electron chi connectivity index (χ0n) is 7.57. The number of hydrogen-bond donors (Lipinski definition) is 0. The Morgan fingerprint density at radius 3 is 2.86 bits per heavy atom. The van der Waals surface area contributed by atoms with E-state index in [0.717, 1.165) is 10.9 Å². The molecular formula is C12H9FN. The van der Waals surface area contributed by atoms with Crippen LogP contribution in [-0.2, 0) is 0 Å². The number of fused-ring (bicyclic) bond motifs is 1. The second kappa shape index (κ2) is 3.58. The predicted molar refractivity (Wildman–Crippen MR) is 56.2 cm³/mol. The Morgan fingerprint density at radius 2 is 2.07 bits per heavy atom. The molecular weight excluding hydrogens is 177 g/mol. The third-order valence-corrected chi connectivity index (χ3v) is 2.09. The summed E-state index contributed by atoms with van der Waals surface area (Å²) < 4.78 is 13.4. The summed E-state index contributed by atoms with van der Waals surface area (Å²) in [6, 6.07) is 9.10. The molecule has 0 amide bonds. The van der Waals surface area contributed by atoms with Gasteiger partial charge in [-0.1, -0.05) is 18.2 Å². The first-order chi connectivity index (χ1) is 6.83. The highest BCUT2D eigenvalue weighted by atomic mass is 19.1. The van der Waals surface area contributed by atoms with E-state index in [4.69, 9.17) is 0 Å². The van der Waals surface area contributed by atoms with Crippen molar-refractivity contribution in [1.29, 1.82) is 0 Å². The lowest BCUT2D eigenvalue weighted by molar-refractivity contribution is 0.761. The number of nitrogens with zero attached hydrogens (tertiary/aromatic N) is 1. The molecule has 0 unspecified atom stereocenters. The number of para-hydroxylation sites is 1. The molecule has 0 spiro atoms. The van der Waals surface area contributed by atoms with E-state index in [1.165, 1.54) is 6.08 Å². The SMILES string of the molecule is [CH2]/C=C(/F)c1ccnc2ccccc12. The van der Waals surface area contributed by atoms with Gasteiger partial charge >= 0.3 is 0 Å². The zero-order valence-corrected chi connectivity index (χ0v) is 7.57. The molecule has 1 radical (unpaired) electrons. The van der Waals surface area contributed by atoms with Gasteiger partial charge in [-0.15, -0.1) is 0 Å². The molecule has 2 rings (SSSR count). The summed E-state index contributed by atoms with van der Waals surface area (Å²) in [5.41, 5.74) is 1.34. The lowest BCUT2D eigenvalue weighted by Crippen LogP contribution is -1.84. The molecule has 0 N–H and O–H groups in total. The Labute approximate surface area is 81.9 Å². The highest BCUT2D eigenvalue weighted by Crippen LogP contribution is 2.23. The van der Waals surface area contributed by atoms with Gasteiger partial charge in [0.15, 0.2) is 0 Å². The van der Waals surface area contributed by atoms with Gasteiger partial charge in [0, 0.05) is 17.1 Å². The predicted octanol–water partition coefficient (Wildman–Crippen LogP) is 3.38. The Kier molecular flexibility index (Phi) is 2.27. The fourth-order valence-electron chi connectivity index (χ4n) is 1.41. The number of allylic oxidation sites excluding steroid dienone is 1. The number of benzene rings is 1. The van der Waals surface area contributed by atoms with Crippen LogP contribution in [0.1, 0.15) is 5.56 Å². The molecule has 0 aliphatic carbocycles. The van der Waals surface area contributed by atoms with Crippen LogP contribution in [0.2, 0.25) is 0 Å². The molecule has 0 atom stereocenters. The number of pyridine rings is 1. The maximum absolute atomic E-state index is 13.4. The molecule has 0 saturated carbocycles. The number of rotatable bonds is 1. The topological polar surface area (TPSA) is 12.9 Å². The van der Waals surface area contributed by atoms with Crippen molar-refractivity contribution >= 4 is 16.7 Å². The first-order valence-electron chi connectivity index (χ1n) is 4.32. The van der Waals surface area contributed by atoms with Crippen LogP contribution in [0.4, 0.5) is 4.39 Å². The summed E-state index contributed by atoms with van der Waals surface area (Å²) in [7, 11) is 0. The highest BCUT2D eigenvalue weighted by molar-refractivity contribution is 5.89. The number of hydrogen-bond acceptors (Lipinski definition) is 1. The molecule has 1 nitrogen and oxygen atoms in total. The normalized spacial score (nSPS) is 12.0. The average molecular weight is 186 g/mol. The van der Waals surface area contributed by atoms with Crippen LogP contribution in [0.3, 0.4) is 0 Å². The minimum absolute atomic E-state index is 0.316. The smallest absolute Gasteiger partial charge is 0.127 e. The second-order valence-corrected chi connectivity index (χ2v) is 2.93. The third-order valence-electron chi connectivity index (χ3n) is 2.09. The van der Waals surface area contributed by atoms with Gasteiger partial charge in [-0.3, -0.25) is 4.98 Å². The fraction of sp³-hybridized carbons (Fsp3) is 0. The van der Waals surface area contributed by atoms with E-state index in [2.05, 4.69) is 11.9 Å². The van der Waals surface area contributed by atoms with Crippen molar-refractivity contribution in [2.24, 2.45) is 0 Å². The lowest BCUT2D eigenvalue weighted by atomic mass is 10.1. The maximum Gasteiger partial charge on any atom is 0.127 e. The van der Waals surface area contributed by atoms with E-state index in [-0.39, 0.29) is 5.83 Å². The molecule has 2 aromatic rings. The highest BCUT2D eigenvalue weighted by Gasteiger charge is 2.04. The van der Waals surface area contributed by atoms with Gasteiger partial charge < -0.3 is 0 Å². The largest absolute Gasteiger partial charge is 0.256 e. The van der Waals surface area contributed by atoms with Crippen LogP contribution in [0.5, 0.6) is 0 Å². The van der Waals surface area contributed by atoms with E-state index >= 15 is 0 Å². The van der Waals surface area contributed by atoms with Crippen molar-refractivity contribution in [2.45, 2.75) is 0 Å². The van der Waals surface area contributed by atoms with Crippen LogP contribution in [0, 0.1) is 6.92 Å². The zero-order chi connectivity index (χ0) is 9.97. The van der Waals surface area contributed by atoms with Crippen LogP contribution >= 0.6 is 0 Å². The standard InChI is InChI=1S/C12H9FN/c1-2-11(13)9-7-8-14-12-6-4-3-5-10(9)12/h2-8H,1H2/b11-2+. The minimum Gasteiger partial charge on any atom is -0.256 e. The Balaban J connectivity index is 2.77. The van der Waals surface area contributed by atoms with E-state index in [1.807, 2.05) is 24.3 Å². The fourth-order valence-corrected chi connectivity index (χ4v) is 1.41. The number of aromatic nitrogens is 1.